The van der Waals surface area contributed by atoms with Crippen molar-refractivity contribution in [3.05, 3.63) is 64.0 Å². The smallest absolute Gasteiger partial charge is 0.305 e. The Morgan fingerprint density at radius 2 is 2.00 bits per heavy atom. The lowest BCUT2D eigenvalue weighted by molar-refractivity contribution is -0.387. The third-order valence-electron chi connectivity index (χ3n) is 2.52. The fourth-order valence-corrected chi connectivity index (χ4v) is 1.60. The molecule has 0 heterocycles. The van der Waals surface area contributed by atoms with Crippen molar-refractivity contribution in [3.63, 3.8) is 0 Å². The van der Waals surface area contributed by atoms with E-state index in [0.29, 0.717) is 5.56 Å². The van der Waals surface area contributed by atoms with Crippen LogP contribution in [0.1, 0.15) is 5.56 Å². The number of benzene rings is 2. The molecule has 2 aromatic carbocycles. The van der Waals surface area contributed by atoms with E-state index in [2.05, 4.69) is 0 Å². The Balaban J connectivity index is 2.34. The molecule has 0 saturated heterocycles. The molecule has 0 aliphatic heterocycles. The molecule has 3 N–H and O–H groups in total. The first-order chi connectivity index (χ1) is 9.49. The summed E-state index contributed by atoms with van der Waals surface area (Å²) < 4.78 is 18.9. The van der Waals surface area contributed by atoms with E-state index in [-0.39, 0.29) is 17.3 Å². The largest absolute Gasteiger partial charge is 0.456 e. The summed E-state index contributed by atoms with van der Waals surface area (Å²) >= 11 is 0. The Kier molecular flexibility index (Phi) is 3.60. The first kappa shape index (κ1) is 13.5. The fraction of sp³-hybridized carbons (Fsp3) is 0. The van der Waals surface area contributed by atoms with Crippen molar-refractivity contribution >= 4 is 11.5 Å². The summed E-state index contributed by atoms with van der Waals surface area (Å²) in [5.41, 5.74) is 5.13. The van der Waals surface area contributed by atoms with Crippen molar-refractivity contribution in [2.24, 2.45) is 5.73 Å². The maximum Gasteiger partial charge on any atom is 0.305 e. The second kappa shape index (κ2) is 5.35. The molecule has 102 valence electrons. The van der Waals surface area contributed by atoms with E-state index < -0.39 is 16.4 Å². The van der Waals surface area contributed by atoms with E-state index >= 15 is 0 Å². The van der Waals surface area contributed by atoms with E-state index in [1.165, 1.54) is 6.07 Å². The second-order valence-corrected chi connectivity index (χ2v) is 3.88. The van der Waals surface area contributed by atoms with Crippen molar-refractivity contribution in [3.8, 4) is 11.5 Å². The molecule has 20 heavy (non-hydrogen) atoms. The average molecular weight is 275 g/mol. The molecule has 0 radical (unpaired) electrons. The minimum atomic E-state index is -0.993. The predicted molar refractivity (Wildman–Crippen MR) is 70.6 cm³/mol. The van der Waals surface area contributed by atoms with Crippen LogP contribution in [-0.4, -0.2) is 10.8 Å². The zero-order valence-electron chi connectivity index (χ0n) is 10.2. The van der Waals surface area contributed by atoms with Gasteiger partial charge < -0.3 is 10.5 Å². The normalized spacial score (nSPS) is 10.1. The van der Waals surface area contributed by atoms with Crippen LogP contribution in [0.4, 0.5) is 10.1 Å². The molecule has 0 amide bonds. The number of nitrogens with zero attached hydrogens (tertiary/aromatic N) is 1. The minimum absolute atomic E-state index is 0.0850. The summed E-state index contributed by atoms with van der Waals surface area (Å²) in [7, 11) is 0. The average Bonchev–Trinajstić information content (AvgIpc) is 2.38. The quantitative estimate of drug-likeness (QED) is 0.387. The minimum Gasteiger partial charge on any atom is -0.456 e. The van der Waals surface area contributed by atoms with Gasteiger partial charge in [0, 0.05) is 12.1 Å². The van der Waals surface area contributed by atoms with Crippen LogP contribution in [0.25, 0.3) is 0 Å². The summed E-state index contributed by atoms with van der Waals surface area (Å²) in [6, 6.07) is 9.70. The number of para-hydroxylation sites is 1. The van der Waals surface area contributed by atoms with Gasteiger partial charge in [-0.3, -0.25) is 15.5 Å². The molecular formula is C13H10FN3O3. The molecule has 6 nitrogen and oxygen atoms in total. The van der Waals surface area contributed by atoms with Crippen molar-refractivity contribution in [1.82, 2.24) is 0 Å². The number of nitrogen functional groups attached to an aromatic ring is 1. The lowest BCUT2D eigenvalue weighted by Crippen LogP contribution is -2.12. The third-order valence-corrected chi connectivity index (χ3v) is 2.52. The van der Waals surface area contributed by atoms with E-state index in [9.17, 15) is 14.5 Å². The lowest BCUT2D eigenvalue weighted by atomic mass is 10.2. The second-order valence-electron chi connectivity index (χ2n) is 3.88. The number of nitrogens with two attached hydrogens (primary N) is 1. The molecule has 0 bridgehead atoms. The standard InChI is InChI=1S/C13H10FN3O3/c14-10-7-8(5-6-11(10)17(18)19)20-12-4-2-1-3-9(12)13(15)16/h1-7H,(H3,15,16). The maximum atomic E-state index is 13.5. The SMILES string of the molecule is N=C(N)c1ccccc1Oc1ccc([N+](=O)[O-])c(F)c1. The van der Waals surface area contributed by atoms with Gasteiger partial charge in [0.1, 0.15) is 17.3 Å². The van der Waals surface area contributed by atoms with Gasteiger partial charge in [0.2, 0.25) is 5.82 Å². The predicted octanol–water partition coefficient (Wildman–Crippen LogP) is 2.81. The number of hydrogen-bond donors (Lipinski definition) is 2. The van der Waals surface area contributed by atoms with Crippen LogP contribution >= 0.6 is 0 Å². The summed E-state index contributed by atoms with van der Waals surface area (Å²) in [4.78, 5) is 9.70. The summed E-state index contributed by atoms with van der Waals surface area (Å²) in [5, 5.41) is 17.9. The highest BCUT2D eigenvalue weighted by Gasteiger charge is 2.15. The van der Waals surface area contributed by atoms with Crippen LogP contribution in [0.2, 0.25) is 0 Å². The van der Waals surface area contributed by atoms with Crippen LogP contribution in [0.3, 0.4) is 0 Å². The number of halogens is 1. The van der Waals surface area contributed by atoms with Gasteiger partial charge in [-0.25, -0.2) is 0 Å². The van der Waals surface area contributed by atoms with Gasteiger partial charge in [-0.2, -0.15) is 4.39 Å². The molecular weight excluding hydrogens is 265 g/mol. The zero-order valence-corrected chi connectivity index (χ0v) is 10.2. The van der Waals surface area contributed by atoms with Crippen molar-refractivity contribution in [2.45, 2.75) is 0 Å². The van der Waals surface area contributed by atoms with Gasteiger partial charge in [-0.15, -0.1) is 0 Å². The Morgan fingerprint density at radius 3 is 2.60 bits per heavy atom. The molecule has 2 aromatic rings. The Morgan fingerprint density at radius 1 is 1.30 bits per heavy atom. The highest BCUT2D eigenvalue weighted by atomic mass is 19.1. The molecule has 0 saturated carbocycles. The number of nitro groups is 1. The number of nitrogens with one attached hydrogen (secondary N) is 1. The monoisotopic (exact) mass is 275 g/mol. The van der Waals surface area contributed by atoms with Gasteiger partial charge in [0.25, 0.3) is 0 Å². The lowest BCUT2D eigenvalue weighted by Gasteiger charge is -2.09. The zero-order chi connectivity index (χ0) is 14.7. The molecule has 7 heteroatoms. The Bertz CT molecular complexity index is 688. The van der Waals surface area contributed by atoms with Crippen molar-refractivity contribution < 1.29 is 14.1 Å². The fourth-order valence-electron chi connectivity index (χ4n) is 1.60. The number of hydrogen-bond acceptors (Lipinski definition) is 4. The molecule has 2 rings (SSSR count). The number of nitro benzene ring substituents is 1. The number of rotatable bonds is 4. The summed E-state index contributed by atoms with van der Waals surface area (Å²) in [5.74, 6) is -0.828. The topological polar surface area (TPSA) is 102 Å². The molecule has 0 aliphatic carbocycles. The molecule has 0 fully saturated rings. The van der Waals surface area contributed by atoms with E-state index in [4.69, 9.17) is 15.9 Å². The maximum absolute atomic E-state index is 13.5. The number of amidine groups is 1. The van der Waals surface area contributed by atoms with Gasteiger partial charge in [0.15, 0.2) is 0 Å². The molecule has 0 aromatic heterocycles. The van der Waals surface area contributed by atoms with E-state index in [1.54, 1.807) is 24.3 Å². The Hall–Kier alpha value is -2.96. The molecule has 0 atom stereocenters. The first-order valence-corrected chi connectivity index (χ1v) is 5.54. The van der Waals surface area contributed by atoms with Gasteiger partial charge in [-0.05, 0) is 18.2 Å². The molecule has 0 aliphatic rings. The van der Waals surface area contributed by atoms with Crippen LogP contribution < -0.4 is 10.5 Å². The van der Waals surface area contributed by atoms with E-state index in [1.807, 2.05) is 0 Å². The van der Waals surface area contributed by atoms with Gasteiger partial charge >= 0.3 is 5.69 Å². The molecule has 0 spiro atoms. The van der Waals surface area contributed by atoms with Crippen LogP contribution in [0.5, 0.6) is 11.5 Å². The first-order valence-electron chi connectivity index (χ1n) is 5.54. The van der Waals surface area contributed by atoms with Gasteiger partial charge in [0.05, 0.1) is 10.5 Å². The molecule has 0 unspecified atom stereocenters. The van der Waals surface area contributed by atoms with Crippen LogP contribution in [0, 0.1) is 21.3 Å². The summed E-state index contributed by atoms with van der Waals surface area (Å²) in [6.07, 6.45) is 0. The third kappa shape index (κ3) is 2.72. The van der Waals surface area contributed by atoms with Crippen LogP contribution in [0.15, 0.2) is 42.5 Å². The van der Waals surface area contributed by atoms with Crippen molar-refractivity contribution in [1.29, 1.82) is 5.41 Å². The van der Waals surface area contributed by atoms with Crippen LogP contribution in [-0.2, 0) is 0 Å². The highest BCUT2D eigenvalue weighted by Crippen LogP contribution is 2.28. The van der Waals surface area contributed by atoms with E-state index in [0.717, 1.165) is 12.1 Å². The highest BCUT2D eigenvalue weighted by molar-refractivity contribution is 5.97. The Labute approximate surface area is 113 Å². The summed E-state index contributed by atoms with van der Waals surface area (Å²) in [6.45, 7) is 0. The van der Waals surface area contributed by atoms with Crippen molar-refractivity contribution in [2.75, 3.05) is 0 Å². The van der Waals surface area contributed by atoms with Gasteiger partial charge in [-0.1, -0.05) is 12.1 Å². The number of ether oxygens (including phenoxy) is 1.